The maximum Gasteiger partial charge on any atom is 0.490 e. The number of aromatic nitrogens is 10. The molecule has 0 spiro atoms. The summed E-state index contributed by atoms with van der Waals surface area (Å²) in [5.74, 6) is -1.36. The molecular formula is C34H49N12O23P4+. The van der Waals surface area contributed by atoms with E-state index in [4.69, 9.17) is 44.2 Å². The van der Waals surface area contributed by atoms with Crippen LogP contribution in [0, 0.1) is 5.92 Å². The van der Waals surface area contributed by atoms with Gasteiger partial charge in [0, 0.05) is 38.6 Å². The highest BCUT2D eigenvalue weighted by Gasteiger charge is 2.56. The number of nitrogens with one attached hydrogen (secondary N) is 2. The molecule has 3 saturated heterocycles. The number of aliphatic hydroxyl groups excluding tert-OH is 3. The van der Waals surface area contributed by atoms with Gasteiger partial charge in [0.05, 0.1) is 57.2 Å². The second-order valence-corrected chi connectivity index (χ2v) is 24.0. The van der Waals surface area contributed by atoms with Crippen molar-refractivity contribution in [1.29, 1.82) is 0 Å². The minimum atomic E-state index is -6.16. The molecule has 4 unspecified atom stereocenters. The van der Waals surface area contributed by atoms with Crippen molar-refractivity contribution < 1.29 is 99.1 Å². The zero-order valence-electron chi connectivity index (χ0n) is 38.0. The van der Waals surface area contributed by atoms with Gasteiger partial charge in [0.25, 0.3) is 17.1 Å². The molecule has 3 aliphatic heterocycles. The topological polar surface area (TPSA) is 498 Å². The number of aromatic amines is 2. The van der Waals surface area contributed by atoms with Crippen LogP contribution in [0.15, 0.2) is 45.6 Å². The maximum absolute atomic E-state index is 14.5. The van der Waals surface area contributed by atoms with Gasteiger partial charge in [-0.3, -0.25) is 46.9 Å². The van der Waals surface area contributed by atoms with Crippen LogP contribution in [-0.4, -0.2) is 167 Å². The average Bonchev–Trinajstić information content (AvgIpc) is 4.10. The molecule has 0 aromatic carbocycles. The van der Waals surface area contributed by atoms with Gasteiger partial charge in [0.1, 0.15) is 36.3 Å². The largest absolute Gasteiger partial charge is 0.490 e. The second kappa shape index (κ2) is 20.9. The Labute approximate surface area is 407 Å². The molecule has 8 heterocycles. The third-order valence-corrected chi connectivity index (χ3v) is 18.8. The number of anilines is 2. The van der Waals surface area contributed by atoms with Gasteiger partial charge < -0.3 is 70.0 Å². The normalized spacial score (nSPS) is 30.9. The average molecular weight is 1120 g/mol. The van der Waals surface area contributed by atoms with E-state index >= 15 is 0 Å². The number of nitrogen functional groups attached to an aromatic ring is 2. The quantitative estimate of drug-likeness (QED) is 0.0267. The van der Waals surface area contributed by atoms with Gasteiger partial charge in [-0.15, -0.1) is 0 Å². The minimum Gasteiger partial charge on any atom is -0.388 e. The molecule has 13 N–H and O–H groups in total. The lowest BCUT2D eigenvalue weighted by molar-refractivity contribution is -0.745. The number of aryl methyl sites for hydroxylation is 1. The number of ether oxygens (including phenoxy) is 5. The van der Waals surface area contributed by atoms with Crippen molar-refractivity contribution in [3.63, 3.8) is 0 Å². The number of methoxy groups -OCH3 is 2. The number of imidazole rings is 2. The number of nitrogens with two attached hydrogens (primary N) is 2. The van der Waals surface area contributed by atoms with Crippen LogP contribution < -0.4 is 32.8 Å². The van der Waals surface area contributed by atoms with E-state index in [0.29, 0.717) is 0 Å². The summed E-state index contributed by atoms with van der Waals surface area (Å²) in [4.78, 5) is 101. The van der Waals surface area contributed by atoms with Crippen LogP contribution in [0.4, 0.5) is 11.8 Å². The number of phosphoric ester groups is 2. The molecule has 39 heteroatoms. The van der Waals surface area contributed by atoms with Crippen molar-refractivity contribution in [3.05, 3.63) is 62.4 Å². The smallest absolute Gasteiger partial charge is 0.388 e. The molecule has 8 rings (SSSR count). The van der Waals surface area contributed by atoms with E-state index in [1.54, 1.807) is 0 Å². The standard InChI is InChI=1S/C34H48N12O23P4/c1-43-13-46(28-20(43)29(51)42-33(36)41-28)30-21(48)14(8-61-2)16(66-30)9-63-71(55,56)68-73(59,60)69-72(57,58)64-10-17-25(24(62-3)32(67-17)45-12-39-19-26(35)37-11-38-27(19)45)70(53,54)7-5-15-22(49)23(50)31(65-15)44-6-4-18(47)40-34(44)52/h4,6,11-17,21-25,30-32,48-50H,5,7-10H2,1-3H3,(H9-,35,36,37,38,40,41,42,47,51,52,53,54,55,56,57,58,59,60)/p+1/t14-,15-,16-,17-,21-,22-,23-,24-,25-,30-,31-,32-/m1/s1. The van der Waals surface area contributed by atoms with Crippen molar-refractivity contribution in [2.45, 2.75) is 73.5 Å². The molecule has 0 aliphatic carbocycles. The fraction of sp³-hybridized carbons (Fsp3) is 0.588. The zero-order chi connectivity index (χ0) is 53.1. The van der Waals surface area contributed by atoms with Crippen molar-refractivity contribution in [3.8, 4) is 0 Å². The molecule has 3 aliphatic rings. The minimum absolute atomic E-state index is 0.0152. The fourth-order valence-corrected chi connectivity index (χ4v) is 14.7. The highest BCUT2D eigenvalue weighted by Crippen LogP contribution is 2.68. The van der Waals surface area contributed by atoms with Crippen molar-refractivity contribution in [1.82, 2.24) is 43.6 Å². The van der Waals surface area contributed by atoms with E-state index in [1.165, 1.54) is 40.5 Å². The molecule has 0 saturated carbocycles. The fourth-order valence-electron chi connectivity index (χ4n) is 8.86. The summed E-state index contributed by atoms with van der Waals surface area (Å²) in [7, 11) is -18.8. The molecule has 5 aromatic rings. The lowest BCUT2D eigenvalue weighted by Gasteiger charge is -2.28. The number of H-pyrrole nitrogens is 2. The Morgan fingerprint density at radius 1 is 0.808 bits per heavy atom. The monoisotopic (exact) mass is 1120 g/mol. The number of phosphoric acid groups is 3. The first-order valence-electron chi connectivity index (χ1n) is 21.3. The maximum atomic E-state index is 14.5. The SMILES string of the molecule is COC[C@H]1[C@@H](O)[C@H]([n+]2cn(C)c3c(=O)[nH]c(N)nc32)O[C@@H]1COP(=O)(O)OP(=O)(O)OP(=O)(O)OC[C@H]1O[C@@H](n2cnc3c(N)ncnc32)[C@H](OC)[C@@H]1P(=O)(O)CC[C@H]1O[C@@H](n2ccc(=O)[nH]c2=O)[C@H](O)[C@@H]1O. The predicted molar refractivity (Wildman–Crippen MR) is 240 cm³/mol. The summed E-state index contributed by atoms with van der Waals surface area (Å²) < 4.78 is 106. The van der Waals surface area contributed by atoms with Gasteiger partial charge in [0.2, 0.25) is 19.1 Å². The van der Waals surface area contributed by atoms with Crippen molar-refractivity contribution in [2.75, 3.05) is 51.7 Å². The predicted octanol–water partition coefficient (Wildman–Crippen LogP) is -3.45. The molecule has 35 nitrogen and oxygen atoms in total. The molecule has 73 heavy (non-hydrogen) atoms. The van der Waals surface area contributed by atoms with Crippen LogP contribution in [0.25, 0.3) is 22.3 Å². The van der Waals surface area contributed by atoms with E-state index in [1.807, 2.05) is 4.98 Å². The van der Waals surface area contributed by atoms with E-state index in [-0.39, 0.29) is 40.7 Å². The Kier molecular flexibility index (Phi) is 15.6. The first-order valence-corrected chi connectivity index (χ1v) is 27.7. The van der Waals surface area contributed by atoms with Crippen molar-refractivity contribution in [2.24, 2.45) is 13.0 Å². The van der Waals surface area contributed by atoms with E-state index in [2.05, 4.69) is 33.5 Å². The van der Waals surface area contributed by atoms with Gasteiger partial charge in [0.15, 0.2) is 30.2 Å². The number of hydrogen-bond acceptors (Lipinski definition) is 25. The van der Waals surface area contributed by atoms with Crippen LogP contribution >= 0.6 is 30.8 Å². The van der Waals surface area contributed by atoms with Crippen molar-refractivity contribution >= 4 is 64.9 Å². The second-order valence-electron chi connectivity index (χ2n) is 16.8. The van der Waals surface area contributed by atoms with Crippen LogP contribution in [0.5, 0.6) is 0 Å². The summed E-state index contributed by atoms with van der Waals surface area (Å²) in [6.45, 7) is -2.42. The van der Waals surface area contributed by atoms with Gasteiger partial charge >= 0.3 is 34.8 Å². The number of hydrogen-bond donors (Lipinski definition) is 11. The number of fused-ring (bicyclic) bond motifs is 2. The Morgan fingerprint density at radius 3 is 2.14 bits per heavy atom. The summed E-state index contributed by atoms with van der Waals surface area (Å²) in [5, 5.41) is 32.9. The Hall–Kier alpha value is -4.54. The Balaban J connectivity index is 0.957. The van der Waals surface area contributed by atoms with Gasteiger partial charge in [-0.1, -0.05) is 4.98 Å². The molecule has 3 fully saturated rings. The van der Waals surface area contributed by atoms with Gasteiger partial charge in [-0.25, -0.2) is 38.0 Å². The summed E-state index contributed by atoms with van der Waals surface area (Å²) in [5.41, 5.74) is 7.68. The first-order chi connectivity index (χ1) is 34.2. The lowest BCUT2D eigenvalue weighted by Crippen LogP contribution is -2.45. The summed E-state index contributed by atoms with van der Waals surface area (Å²) >= 11 is 0. The molecule has 402 valence electrons. The zero-order valence-corrected chi connectivity index (χ0v) is 41.6. The summed E-state index contributed by atoms with van der Waals surface area (Å²) in [6, 6.07) is 0.958. The third kappa shape index (κ3) is 11.2. The van der Waals surface area contributed by atoms with Crippen LogP contribution in [-0.2, 0) is 66.7 Å². The van der Waals surface area contributed by atoms with E-state index in [0.717, 1.165) is 30.3 Å². The van der Waals surface area contributed by atoms with Gasteiger partial charge in [-0.2, -0.15) is 8.62 Å². The summed E-state index contributed by atoms with van der Waals surface area (Å²) in [6.07, 6.45) is -11.9. The van der Waals surface area contributed by atoms with E-state index < -0.39 is 146 Å². The number of aliphatic hydroxyl groups is 3. The molecule has 5 aromatic heterocycles. The Morgan fingerprint density at radius 2 is 1.48 bits per heavy atom. The molecular weight excluding hydrogens is 1070 g/mol. The Bertz CT molecular complexity index is 3240. The first kappa shape index (κ1) is 54.7. The van der Waals surface area contributed by atoms with E-state index in [9.17, 15) is 67.5 Å². The number of rotatable bonds is 20. The van der Waals surface area contributed by atoms with Gasteiger partial charge in [-0.05, 0) is 6.42 Å². The number of nitrogens with zero attached hydrogens (tertiary/aromatic N) is 8. The third-order valence-electron chi connectivity index (χ3n) is 12.1. The molecule has 0 amide bonds. The highest BCUT2D eigenvalue weighted by atomic mass is 31.3. The van der Waals surface area contributed by atoms with Crippen LogP contribution in [0.3, 0.4) is 0 Å². The molecule has 16 atom stereocenters. The lowest BCUT2D eigenvalue weighted by atomic mass is 9.99. The highest BCUT2D eigenvalue weighted by molar-refractivity contribution is 7.66. The van der Waals surface area contributed by atoms with Crippen LogP contribution in [0.2, 0.25) is 0 Å². The van der Waals surface area contributed by atoms with Crippen LogP contribution in [0.1, 0.15) is 25.1 Å². The molecule has 0 bridgehead atoms. The molecule has 0 radical (unpaired) electrons.